The van der Waals surface area contributed by atoms with Gasteiger partial charge in [-0.3, -0.25) is 0 Å². The number of ether oxygens (including phenoxy) is 1. The number of hydrogen-bond acceptors (Lipinski definition) is 2. The zero-order chi connectivity index (χ0) is 34.9. The summed E-state index contributed by atoms with van der Waals surface area (Å²) in [5.41, 5.74) is 13.1. The van der Waals surface area contributed by atoms with Gasteiger partial charge >= 0.3 is 0 Å². The van der Waals surface area contributed by atoms with Gasteiger partial charge in [-0.25, -0.2) is 0 Å². The first-order chi connectivity index (χ1) is 26.3. The van der Waals surface area contributed by atoms with Crippen molar-refractivity contribution < 1.29 is 4.74 Å². The van der Waals surface area contributed by atoms with Gasteiger partial charge in [0.1, 0.15) is 5.76 Å². The first-order valence-electron chi connectivity index (χ1n) is 18.4. The van der Waals surface area contributed by atoms with Crippen LogP contribution in [0, 0.1) is 0 Å². The smallest absolute Gasteiger partial charge is 0.196 e. The second kappa shape index (κ2) is 11.9. The molecule has 1 aliphatic heterocycles. The maximum absolute atomic E-state index is 6.70. The topological polar surface area (TPSA) is 31.1 Å². The number of rotatable bonds is 5. The van der Waals surface area contributed by atoms with Crippen molar-refractivity contribution in [3.05, 3.63) is 205 Å². The standard InChI is InChI=1S/C49H35N3O/c1-3-13-32(14-4-1)37-17-7-10-20-43(37)52-45-22-12-9-19-39(45)40-29-33(24-27-47(40)52)34-23-26-42-48(31-34)53-49(50-42)35-25-28-46-41(30-35)38-18-8-11-21-44(38)51(46)36-15-5-2-6-16-36/h1-22,24-31,34,49-50H,23H2. The number of allylic oxidation sites excluding steroid dienone is 2. The molecule has 0 spiro atoms. The van der Waals surface area contributed by atoms with E-state index in [0.29, 0.717) is 0 Å². The second-order valence-electron chi connectivity index (χ2n) is 14.1. The minimum Gasteiger partial charge on any atom is -0.465 e. The summed E-state index contributed by atoms with van der Waals surface area (Å²) >= 11 is 0. The normalized spacial score (nSPS) is 16.8. The maximum atomic E-state index is 6.70. The number of nitrogens with one attached hydrogen (secondary N) is 1. The molecule has 0 saturated carbocycles. The maximum Gasteiger partial charge on any atom is 0.196 e. The Labute approximate surface area is 307 Å². The van der Waals surface area contributed by atoms with Crippen molar-refractivity contribution in [1.29, 1.82) is 0 Å². The lowest BCUT2D eigenvalue weighted by molar-refractivity contribution is 0.147. The minimum atomic E-state index is -0.250. The van der Waals surface area contributed by atoms with Crippen LogP contribution < -0.4 is 5.32 Å². The van der Waals surface area contributed by atoms with Gasteiger partial charge in [0.05, 0.1) is 33.5 Å². The van der Waals surface area contributed by atoms with Gasteiger partial charge in [-0.05, 0) is 78.2 Å². The highest BCUT2D eigenvalue weighted by atomic mass is 16.5. The molecule has 2 unspecified atom stereocenters. The Balaban J connectivity index is 0.944. The average molecular weight is 682 g/mol. The highest BCUT2D eigenvalue weighted by Gasteiger charge is 2.30. The Morgan fingerprint density at radius 3 is 1.87 bits per heavy atom. The highest BCUT2D eigenvalue weighted by molar-refractivity contribution is 6.11. The molecule has 4 heteroatoms. The van der Waals surface area contributed by atoms with Gasteiger partial charge in [0.15, 0.2) is 6.23 Å². The van der Waals surface area contributed by atoms with E-state index < -0.39 is 0 Å². The third-order valence-electron chi connectivity index (χ3n) is 11.1. The van der Waals surface area contributed by atoms with Gasteiger partial charge in [0.25, 0.3) is 0 Å². The van der Waals surface area contributed by atoms with Gasteiger partial charge < -0.3 is 19.2 Å². The van der Waals surface area contributed by atoms with Crippen LogP contribution >= 0.6 is 0 Å². The van der Waals surface area contributed by atoms with E-state index in [1.807, 2.05) is 0 Å². The van der Waals surface area contributed by atoms with Crippen molar-refractivity contribution in [2.75, 3.05) is 0 Å². The molecule has 1 N–H and O–H groups in total. The number of fused-ring (bicyclic) bond motifs is 7. The Hall–Kier alpha value is -6.78. The van der Waals surface area contributed by atoms with Crippen molar-refractivity contribution in [2.24, 2.45) is 0 Å². The number of hydrogen-bond donors (Lipinski definition) is 1. The van der Waals surface area contributed by atoms with E-state index in [4.69, 9.17) is 4.74 Å². The van der Waals surface area contributed by atoms with Crippen LogP contribution in [0.25, 0.3) is 66.1 Å². The molecule has 252 valence electrons. The second-order valence-corrected chi connectivity index (χ2v) is 14.1. The van der Waals surface area contributed by atoms with E-state index in [-0.39, 0.29) is 12.1 Å². The Kier molecular flexibility index (Phi) is 6.71. The summed E-state index contributed by atoms with van der Waals surface area (Å²) in [5.74, 6) is 1.14. The van der Waals surface area contributed by atoms with E-state index in [0.717, 1.165) is 29.1 Å². The Bertz CT molecular complexity index is 2930. The number of nitrogens with zero attached hydrogens (tertiary/aromatic N) is 2. The van der Waals surface area contributed by atoms with E-state index >= 15 is 0 Å². The SMILES string of the molecule is C1=C2NC(c3ccc4c(c3)c3ccccc3n4-c3ccccc3)OC2=CC(c2ccc3c(c2)c2ccccc2n3-c2ccccc2-c2ccccc2)C1. The summed E-state index contributed by atoms with van der Waals surface area (Å²) in [6.07, 6.45) is 5.28. The van der Waals surface area contributed by atoms with Crippen LogP contribution in [0.2, 0.25) is 0 Å². The van der Waals surface area contributed by atoms with Crippen LogP contribution in [0.3, 0.4) is 0 Å². The van der Waals surface area contributed by atoms with Gasteiger partial charge in [-0.15, -0.1) is 0 Å². The number of aromatic nitrogens is 2. The fraction of sp³-hybridized carbons (Fsp3) is 0.0612. The molecule has 2 atom stereocenters. The predicted molar refractivity (Wildman–Crippen MR) is 217 cm³/mol. The summed E-state index contributed by atoms with van der Waals surface area (Å²) < 4.78 is 11.5. The first kappa shape index (κ1) is 29.9. The lowest BCUT2D eigenvalue weighted by atomic mass is 9.90. The zero-order valence-electron chi connectivity index (χ0n) is 29.0. The molecule has 53 heavy (non-hydrogen) atoms. The summed E-state index contributed by atoms with van der Waals surface area (Å²) in [5, 5.41) is 8.67. The van der Waals surface area contributed by atoms with Gasteiger partial charge in [0, 0.05) is 44.3 Å². The molecule has 3 heterocycles. The quantitative estimate of drug-likeness (QED) is 0.196. The van der Waals surface area contributed by atoms with Crippen molar-refractivity contribution in [2.45, 2.75) is 18.6 Å². The van der Waals surface area contributed by atoms with Crippen LogP contribution in [-0.2, 0) is 4.74 Å². The molecule has 1 aliphatic carbocycles. The molecule has 4 nitrogen and oxygen atoms in total. The molecule has 0 amide bonds. The molecule has 9 aromatic rings. The van der Waals surface area contributed by atoms with Crippen molar-refractivity contribution in [1.82, 2.24) is 14.5 Å². The summed E-state index contributed by atoms with van der Waals surface area (Å²) in [7, 11) is 0. The number of para-hydroxylation sites is 4. The van der Waals surface area contributed by atoms with Gasteiger partial charge in [0.2, 0.25) is 0 Å². The van der Waals surface area contributed by atoms with Crippen LogP contribution in [0.4, 0.5) is 0 Å². The predicted octanol–water partition coefficient (Wildman–Crippen LogP) is 12.1. The zero-order valence-corrected chi connectivity index (χ0v) is 29.0. The fourth-order valence-corrected chi connectivity index (χ4v) is 8.62. The van der Waals surface area contributed by atoms with Crippen LogP contribution in [0.5, 0.6) is 0 Å². The molecule has 1 saturated heterocycles. The van der Waals surface area contributed by atoms with Crippen molar-refractivity contribution in [3.63, 3.8) is 0 Å². The van der Waals surface area contributed by atoms with E-state index in [1.54, 1.807) is 0 Å². The van der Waals surface area contributed by atoms with Crippen LogP contribution in [0.15, 0.2) is 193 Å². The fourth-order valence-electron chi connectivity index (χ4n) is 8.62. The molecule has 0 radical (unpaired) electrons. The highest BCUT2D eigenvalue weighted by Crippen LogP contribution is 2.42. The molecular formula is C49H35N3O. The van der Waals surface area contributed by atoms with E-state index in [1.165, 1.54) is 66.0 Å². The Morgan fingerprint density at radius 2 is 1.09 bits per heavy atom. The van der Waals surface area contributed by atoms with E-state index in [2.05, 4.69) is 196 Å². The molecule has 11 rings (SSSR count). The Morgan fingerprint density at radius 1 is 0.509 bits per heavy atom. The summed E-state index contributed by atoms with van der Waals surface area (Å²) in [4.78, 5) is 0. The summed E-state index contributed by atoms with van der Waals surface area (Å²) in [6.45, 7) is 0. The lowest BCUT2D eigenvalue weighted by Gasteiger charge is -2.17. The molecule has 1 fully saturated rings. The third kappa shape index (κ3) is 4.76. The van der Waals surface area contributed by atoms with Crippen LogP contribution in [-0.4, -0.2) is 9.13 Å². The summed E-state index contributed by atoms with van der Waals surface area (Å²) in [6, 6.07) is 61.2. The third-order valence-corrected chi connectivity index (χ3v) is 11.1. The van der Waals surface area contributed by atoms with Crippen molar-refractivity contribution in [3.8, 4) is 22.5 Å². The largest absolute Gasteiger partial charge is 0.465 e. The van der Waals surface area contributed by atoms with Gasteiger partial charge in [-0.2, -0.15) is 0 Å². The molecular weight excluding hydrogens is 647 g/mol. The average Bonchev–Trinajstić information content (AvgIpc) is 3.91. The van der Waals surface area contributed by atoms with Gasteiger partial charge in [-0.1, -0.05) is 121 Å². The molecule has 2 aliphatic rings. The monoisotopic (exact) mass is 681 g/mol. The molecule has 7 aromatic carbocycles. The number of benzene rings is 7. The minimum absolute atomic E-state index is 0.212. The van der Waals surface area contributed by atoms with Crippen LogP contribution in [0.1, 0.15) is 29.7 Å². The van der Waals surface area contributed by atoms with E-state index in [9.17, 15) is 0 Å². The molecule has 2 aromatic heterocycles. The molecule has 0 bridgehead atoms. The first-order valence-corrected chi connectivity index (χ1v) is 18.4. The lowest BCUT2D eigenvalue weighted by Crippen LogP contribution is -2.13. The van der Waals surface area contributed by atoms with Crippen molar-refractivity contribution >= 4 is 43.6 Å².